The van der Waals surface area contributed by atoms with Gasteiger partial charge in [-0.05, 0) is 34.4 Å². The third-order valence-electron chi connectivity index (χ3n) is 4.34. The highest BCUT2D eigenvalue weighted by molar-refractivity contribution is 7.21. The van der Waals surface area contributed by atoms with Crippen molar-refractivity contribution in [1.82, 2.24) is 4.98 Å². The maximum atomic E-state index is 6.16. The van der Waals surface area contributed by atoms with Crippen LogP contribution in [0, 0.1) is 0 Å². The summed E-state index contributed by atoms with van der Waals surface area (Å²) in [6, 6.07) is 25.0. The highest BCUT2D eigenvalue weighted by Gasteiger charge is 2.11. The molecule has 4 aromatic carbocycles. The van der Waals surface area contributed by atoms with E-state index >= 15 is 0 Å². The predicted molar refractivity (Wildman–Crippen MR) is 105 cm³/mol. The molecule has 0 fully saturated rings. The van der Waals surface area contributed by atoms with Gasteiger partial charge in [-0.2, -0.15) is 0 Å². The molecule has 0 aliphatic carbocycles. The number of thiazole rings is 1. The van der Waals surface area contributed by atoms with E-state index in [4.69, 9.17) is 16.6 Å². The van der Waals surface area contributed by atoms with Crippen LogP contribution in [0.25, 0.3) is 42.3 Å². The molecule has 1 heterocycles. The molecule has 5 aromatic rings. The van der Waals surface area contributed by atoms with Gasteiger partial charge in [0.1, 0.15) is 5.01 Å². The summed E-state index contributed by atoms with van der Waals surface area (Å²) in [5, 5.41) is 6.59. The van der Waals surface area contributed by atoms with Crippen molar-refractivity contribution in [2.45, 2.75) is 0 Å². The fraction of sp³-hybridized carbons (Fsp3) is 0. The van der Waals surface area contributed by atoms with E-state index in [-0.39, 0.29) is 0 Å². The van der Waals surface area contributed by atoms with Crippen LogP contribution in [0.3, 0.4) is 0 Å². The van der Waals surface area contributed by atoms with Gasteiger partial charge >= 0.3 is 0 Å². The van der Waals surface area contributed by atoms with E-state index in [1.54, 1.807) is 11.3 Å². The van der Waals surface area contributed by atoms with Crippen molar-refractivity contribution in [3.63, 3.8) is 0 Å². The Morgan fingerprint density at radius 3 is 2.46 bits per heavy atom. The molecule has 0 amide bonds. The third kappa shape index (κ3) is 2.11. The van der Waals surface area contributed by atoms with Crippen LogP contribution in [0.1, 0.15) is 0 Å². The van der Waals surface area contributed by atoms with Crippen molar-refractivity contribution in [3.05, 3.63) is 77.8 Å². The number of rotatable bonds is 1. The summed E-state index contributed by atoms with van der Waals surface area (Å²) in [5.41, 5.74) is 2.24. The zero-order chi connectivity index (χ0) is 16.1. The number of benzene rings is 4. The highest BCUT2D eigenvalue weighted by Crippen LogP contribution is 2.37. The minimum absolute atomic E-state index is 0.761. The number of nitrogens with zero attached hydrogens (tertiary/aromatic N) is 1. The first kappa shape index (κ1) is 14.0. The first-order valence-corrected chi connectivity index (χ1v) is 8.96. The van der Waals surface area contributed by atoms with Crippen LogP contribution in [0.2, 0.25) is 5.02 Å². The molecule has 5 rings (SSSR count). The fourth-order valence-corrected chi connectivity index (χ4v) is 4.37. The number of hydrogen-bond donors (Lipinski definition) is 0. The van der Waals surface area contributed by atoms with Gasteiger partial charge in [0.2, 0.25) is 0 Å². The molecule has 0 saturated carbocycles. The van der Waals surface area contributed by atoms with E-state index in [0.717, 1.165) is 26.5 Å². The second kappa shape index (κ2) is 5.30. The van der Waals surface area contributed by atoms with Gasteiger partial charge < -0.3 is 0 Å². The Labute approximate surface area is 148 Å². The summed E-state index contributed by atoms with van der Waals surface area (Å²) in [7, 11) is 0. The molecule has 24 heavy (non-hydrogen) atoms. The number of hydrogen-bond acceptors (Lipinski definition) is 2. The van der Waals surface area contributed by atoms with Gasteiger partial charge in [0.15, 0.2) is 0 Å². The van der Waals surface area contributed by atoms with E-state index in [0.29, 0.717) is 0 Å². The normalized spacial score (nSPS) is 11.5. The average Bonchev–Trinajstić information content (AvgIpc) is 3.06. The summed E-state index contributed by atoms with van der Waals surface area (Å²) in [6.07, 6.45) is 0. The van der Waals surface area contributed by atoms with E-state index in [2.05, 4.69) is 54.6 Å². The van der Waals surface area contributed by atoms with Crippen molar-refractivity contribution < 1.29 is 0 Å². The van der Waals surface area contributed by atoms with Crippen LogP contribution >= 0.6 is 22.9 Å². The SMILES string of the molecule is Clc1ccc2c(ccc3ccc4sc(-c5ccccc5)nc4c32)c1. The first-order valence-electron chi connectivity index (χ1n) is 7.76. The molecule has 114 valence electrons. The van der Waals surface area contributed by atoms with E-state index in [9.17, 15) is 0 Å². The third-order valence-corrected chi connectivity index (χ3v) is 5.64. The molecule has 1 aromatic heterocycles. The van der Waals surface area contributed by atoms with Gasteiger partial charge in [-0.3, -0.25) is 0 Å². The molecule has 0 atom stereocenters. The Morgan fingerprint density at radius 1 is 0.792 bits per heavy atom. The summed E-state index contributed by atoms with van der Waals surface area (Å²) in [6.45, 7) is 0. The summed E-state index contributed by atoms with van der Waals surface area (Å²) >= 11 is 7.90. The summed E-state index contributed by atoms with van der Waals surface area (Å²) < 4.78 is 1.21. The molecule has 0 N–H and O–H groups in total. The van der Waals surface area contributed by atoms with Crippen LogP contribution in [0.5, 0.6) is 0 Å². The van der Waals surface area contributed by atoms with E-state index < -0.39 is 0 Å². The lowest BCUT2D eigenvalue weighted by atomic mass is 10.0. The van der Waals surface area contributed by atoms with Crippen molar-refractivity contribution >= 4 is 54.7 Å². The molecule has 0 aliphatic rings. The monoisotopic (exact) mass is 345 g/mol. The van der Waals surface area contributed by atoms with Crippen molar-refractivity contribution in [2.24, 2.45) is 0 Å². The quantitative estimate of drug-likeness (QED) is 0.300. The van der Waals surface area contributed by atoms with E-state index in [1.165, 1.54) is 20.9 Å². The lowest BCUT2D eigenvalue weighted by Crippen LogP contribution is -1.81. The average molecular weight is 346 g/mol. The lowest BCUT2D eigenvalue weighted by Gasteiger charge is -2.05. The number of fused-ring (bicyclic) bond motifs is 5. The van der Waals surface area contributed by atoms with Crippen molar-refractivity contribution in [2.75, 3.05) is 0 Å². The fourth-order valence-electron chi connectivity index (χ4n) is 3.21. The van der Waals surface area contributed by atoms with Crippen LogP contribution in [0.15, 0.2) is 72.8 Å². The summed E-state index contributed by atoms with van der Waals surface area (Å²) in [5.74, 6) is 0. The Balaban J connectivity index is 1.90. The summed E-state index contributed by atoms with van der Waals surface area (Å²) in [4.78, 5) is 4.97. The zero-order valence-electron chi connectivity index (χ0n) is 12.7. The van der Waals surface area contributed by atoms with Gasteiger partial charge in [0, 0.05) is 16.0 Å². The highest BCUT2D eigenvalue weighted by atomic mass is 35.5. The van der Waals surface area contributed by atoms with Crippen molar-refractivity contribution in [1.29, 1.82) is 0 Å². The molecule has 0 saturated heterocycles. The number of aromatic nitrogens is 1. The minimum atomic E-state index is 0.761. The van der Waals surface area contributed by atoms with Gasteiger partial charge in [0.25, 0.3) is 0 Å². The molecule has 0 unspecified atom stereocenters. The Hall–Kier alpha value is -2.42. The molecule has 0 radical (unpaired) electrons. The smallest absolute Gasteiger partial charge is 0.124 e. The number of halogens is 1. The molecule has 0 aliphatic heterocycles. The van der Waals surface area contributed by atoms with Crippen LogP contribution in [-0.4, -0.2) is 4.98 Å². The zero-order valence-corrected chi connectivity index (χ0v) is 14.2. The predicted octanol–water partition coefficient (Wildman–Crippen LogP) is 6.92. The molecule has 0 bridgehead atoms. The Kier molecular flexibility index (Phi) is 3.09. The second-order valence-corrected chi connectivity index (χ2v) is 7.29. The van der Waals surface area contributed by atoms with Gasteiger partial charge in [-0.15, -0.1) is 11.3 Å². The van der Waals surface area contributed by atoms with Gasteiger partial charge in [0.05, 0.1) is 10.2 Å². The minimum Gasteiger partial charge on any atom is -0.235 e. The van der Waals surface area contributed by atoms with Crippen LogP contribution in [0.4, 0.5) is 0 Å². The first-order chi connectivity index (χ1) is 11.8. The topological polar surface area (TPSA) is 12.9 Å². The molecule has 1 nitrogen and oxygen atoms in total. The Morgan fingerprint density at radius 2 is 1.58 bits per heavy atom. The van der Waals surface area contributed by atoms with Gasteiger partial charge in [-0.25, -0.2) is 4.98 Å². The Bertz CT molecular complexity index is 1210. The maximum Gasteiger partial charge on any atom is 0.124 e. The molecule has 3 heteroatoms. The van der Waals surface area contributed by atoms with Crippen LogP contribution in [-0.2, 0) is 0 Å². The van der Waals surface area contributed by atoms with Gasteiger partial charge in [-0.1, -0.05) is 66.2 Å². The maximum absolute atomic E-state index is 6.16. The molecule has 0 spiro atoms. The van der Waals surface area contributed by atoms with E-state index in [1.807, 2.05) is 18.2 Å². The second-order valence-electron chi connectivity index (χ2n) is 5.83. The lowest BCUT2D eigenvalue weighted by molar-refractivity contribution is 1.49. The van der Waals surface area contributed by atoms with Crippen molar-refractivity contribution in [3.8, 4) is 10.6 Å². The standard InChI is InChI=1S/C21H12ClNS/c22-16-9-10-17-15(12-16)7-6-13-8-11-18-20(19(13)17)23-21(24-18)14-4-2-1-3-5-14/h1-12H. The molecular formula is C21H12ClNS. The van der Waals surface area contributed by atoms with Crippen LogP contribution < -0.4 is 0 Å². The molecular weight excluding hydrogens is 334 g/mol. The largest absolute Gasteiger partial charge is 0.235 e.